The van der Waals surface area contributed by atoms with Gasteiger partial charge in [0.15, 0.2) is 12.4 Å². The SMILES string of the molecule is Cc1nc(NC(=O)COC(=O)C2C[C@@H]3CCC[C@@H](C2)C3=O)c(Cl)cc1Cl. The minimum atomic E-state index is -0.526. The van der Waals surface area contributed by atoms with E-state index < -0.39 is 18.5 Å². The molecular weight excluding hydrogens is 379 g/mol. The Hall–Kier alpha value is -1.66. The van der Waals surface area contributed by atoms with Crippen LogP contribution in [-0.2, 0) is 19.1 Å². The van der Waals surface area contributed by atoms with Gasteiger partial charge in [-0.2, -0.15) is 0 Å². The van der Waals surface area contributed by atoms with Crippen molar-refractivity contribution in [3.63, 3.8) is 0 Å². The molecule has 2 fully saturated rings. The predicted molar refractivity (Wildman–Crippen MR) is 97.1 cm³/mol. The summed E-state index contributed by atoms with van der Waals surface area (Å²) in [4.78, 5) is 40.5. The molecule has 2 aliphatic carbocycles. The number of esters is 1. The Morgan fingerprint density at radius 1 is 1.23 bits per heavy atom. The number of nitrogens with one attached hydrogen (secondary N) is 1. The normalized spacial score (nSPS) is 24.9. The molecule has 0 radical (unpaired) electrons. The van der Waals surface area contributed by atoms with E-state index in [0.717, 1.165) is 19.3 Å². The molecule has 2 bridgehead atoms. The van der Waals surface area contributed by atoms with Gasteiger partial charge in [0.05, 0.1) is 21.7 Å². The third-order valence-electron chi connectivity index (χ3n) is 5.09. The summed E-state index contributed by atoms with van der Waals surface area (Å²) in [5, 5.41) is 3.12. The average molecular weight is 399 g/mol. The molecule has 1 aromatic rings. The number of pyridine rings is 1. The first-order valence-electron chi connectivity index (χ1n) is 8.68. The van der Waals surface area contributed by atoms with E-state index in [1.54, 1.807) is 6.92 Å². The van der Waals surface area contributed by atoms with Gasteiger partial charge in [-0.15, -0.1) is 0 Å². The molecule has 0 spiro atoms. The van der Waals surface area contributed by atoms with Gasteiger partial charge in [0.25, 0.3) is 5.91 Å². The molecule has 0 aromatic carbocycles. The summed E-state index contributed by atoms with van der Waals surface area (Å²) < 4.78 is 5.15. The van der Waals surface area contributed by atoms with Crippen LogP contribution in [0.3, 0.4) is 0 Å². The Morgan fingerprint density at radius 2 is 1.88 bits per heavy atom. The molecule has 8 heteroatoms. The number of Topliss-reactive ketones (excluding diaryl/α,β-unsaturated/α-hetero) is 1. The van der Waals surface area contributed by atoms with Crippen LogP contribution in [0.1, 0.15) is 37.8 Å². The van der Waals surface area contributed by atoms with Crippen molar-refractivity contribution in [2.24, 2.45) is 17.8 Å². The first-order valence-corrected chi connectivity index (χ1v) is 9.43. The van der Waals surface area contributed by atoms with Crippen molar-refractivity contribution in [2.45, 2.75) is 39.0 Å². The van der Waals surface area contributed by atoms with Gasteiger partial charge in [0.1, 0.15) is 5.78 Å². The highest BCUT2D eigenvalue weighted by atomic mass is 35.5. The van der Waals surface area contributed by atoms with E-state index in [1.165, 1.54) is 6.07 Å². The van der Waals surface area contributed by atoms with Crippen molar-refractivity contribution >= 4 is 46.7 Å². The topological polar surface area (TPSA) is 85.4 Å². The van der Waals surface area contributed by atoms with Crippen molar-refractivity contribution in [3.8, 4) is 0 Å². The van der Waals surface area contributed by atoms with Gasteiger partial charge >= 0.3 is 5.97 Å². The number of hydrogen-bond donors (Lipinski definition) is 1. The lowest BCUT2D eigenvalue weighted by Crippen LogP contribution is -2.40. The zero-order valence-electron chi connectivity index (χ0n) is 14.4. The Kier molecular flexibility index (Phi) is 5.82. The van der Waals surface area contributed by atoms with E-state index in [1.807, 2.05) is 0 Å². The van der Waals surface area contributed by atoms with Gasteiger partial charge < -0.3 is 10.1 Å². The van der Waals surface area contributed by atoms with Crippen LogP contribution in [0.4, 0.5) is 5.82 Å². The molecular formula is C18H20Cl2N2O4. The molecule has 1 amide bonds. The molecule has 1 heterocycles. The first kappa shape index (κ1) is 19.1. The zero-order chi connectivity index (χ0) is 18.8. The highest BCUT2D eigenvalue weighted by Crippen LogP contribution is 2.40. The van der Waals surface area contributed by atoms with Crippen molar-refractivity contribution in [1.82, 2.24) is 4.98 Å². The standard InChI is InChI=1S/C18H20Cl2N2O4/c1-9-13(19)7-14(20)17(21-9)22-15(23)8-26-18(25)12-5-10-3-2-4-11(6-12)16(10)24/h7,10-12H,2-6,8H2,1H3,(H,21,22,23)/t10-,11-/m0/s1. The summed E-state index contributed by atoms with van der Waals surface area (Å²) in [7, 11) is 0. The van der Waals surface area contributed by atoms with Crippen LogP contribution in [0, 0.1) is 24.7 Å². The van der Waals surface area contributed by atoms with Crippen LogP contribution in [0.15, 0.2) is 6.07 Å². The van der Waals surface area contributed by atoms with Gasteiger partial charge in [-0.3, -0.25) is 14.4 Å². The number of halogens is 2. The molecule has 2 aliphatic rings. The zero-order valence-corrected chi connectivity index (χ0v) is 15.9. The van der Waals surface area contributed by atoms with Gasteiger partial charge in [0, 0.05) is 11.8 Å². The fourth-order valence-corrected chi connectivity index (χ4v) is 4.15. The van der Waals surface area contributed by atoms with E-state index in [4.69, 9.17) is 27.9 Å². The summed E-state index contributed by atoms with van der Waals surface area (Å²) in [6.07, 6.45) is 3.79. The maximum absolute atomic E-state index is 12.3. The minimum Gasteiger partial charge on any atom is -0.455 e. The second-order valence-corrected chi connectivity index (χ2v) is 7.75. The predicted octanol–water partition coefficient (Wildman–Crippen LogP) is 3.57. The van der Waals surface area contributed by atoms with Gasteiger partial charge in [0.2, 0.25) is 0 Å². The van der Waals surface area contributed by atoms with Crippen molar-refractivity contribution in [1.29, 1.82) is 0 Å². The number of nitrogens with zero attached hydrogens (tertiary/aromatic N) is 1. The van der Waals surface area contributed by atoms with E-state index in [2.05, 4.69) is 10.3 Å². The largest absolute Gasteiger partial charge is 0.455 e. The van der Waals surface area contributed by atoms with Crippen LogP contribution in [0.5, 0.6) is 0 Å². The molecule has 1 aromatic heterocycles. The second kappa shape index (κ2) is 7.92. The minimum absolute atomic E-state index is 0.0334. The number of aromatic nitrogens is 1. The summed E-state index contributed by atoms with van der Waals surface area (Å²) in [6.45, 7) is 1.27. The van der Waals surface area contributed by atoms with E-state index in [9.17, 15) is 14.4 Å². The highest BCUT2D eigenvalue weighted by Gasteiger charge is 2.41. The number of carbonyl (C=O) groups is 3. The number of hydrogen-bond acceptors (Lipinski definition) is 5. The monoisotopic (exact) mass is 398 g/mol. The fourth-order valence-electron chi connectivity index (χ4n) is 3.74. The molecule has 0 saturated heterocycles. The lowest BCUT2D eigenvalue weighted by Gasteiger charge is -2.36. The summed E-state index contributed by atoms with van der Waals surface area (Å²) in [5.74, 6) is -0.861. The van der Waals surface area contributed by atoms with Crippen LogP contribution in [0.2, 0.25) is 10.0 Å². The quantitative estimate of drug-likeness (QED) is 0.783. The Morgan fingerprint density at radius 3 is 2.54 bits per heavy atom. The molecule has 0 aliphatic heterocycles. The van der Waals surface area contributed by atoms with Crippen molar-refractivity contribution < 1.29 is 19.1 Å². The molecule has 6 nitrogen and oxygen atoms in total. The molecule has 26 heavy (non-hydrogen) atoms. The average Bonchev–Trinajstić information content (AvgIpc) is 2.57. The highest BCUT2D eigenvalue weighted by molar-refractivity contribution is 6.36. The Labute approximate surface area is 161 Å². The van der Waals surface area contributed by atoms with Gasteiger partial charge in [-0.1, -0.05) is 29.6 Å². The number of rotatable bonds is 4. The van der Waals surface area contributed by atoms with Gasteiger partial charge in [-0.05, 0) is 38.7 Å². The number of anilines is 1. The third kappa shape index (κ3) is 4.18. The third-order valence-corrected chi connectivity index (χ3v) is 5.76. The number of amides is 1. The van der Waals surface area contributed by atoms with E-state index in [-0.39, 0.29) is 34.4 Å². The molecule has 2 saturated carbocycles. The fraction of sp³-hybridized carbons (Fsp3) is 0.556. The van der Waals surface area contributed by atoms with E-state index in [0.29, 0.717) is 23.6 Å². The summed E-state index contributed by atoms with van der Waals surface area (Å²) in [5.41, 5.74) is 0.529. The summed E-state index contributed by atoms with van der Waals surface area (Å²) in [6, 6.07) is 1.49. The molecule has 2 atom stereocenters. The first-order chi connectivity index (χ1) is 12.3. The molecule has 1 N–H and O–H groups in total. The van der Waals surface area contributed by atoms with Crippen LogP contribution >= 0.6 is 23.2 Å². The lowest BCUT2D eigenvalue weighted by molar-refractivity contribution is -0.155. The molecule has 140 valence electrons. The molecule has 3 rings (SSSR count). The van der Waals surface area contributed by atoms with Crippen molar-refractivity contribution in [3.05, 3.63) is 21.8 Å². The Balaban J connectivity index is 1.52. The lowest BCUT2D eigenvalue weighted by atomic mass is 9.67. The van der Waals surface area contributed by atoms with Crippen LogP contribution in [0.25, 0.3) is 0 Å². The van der Waals surface area contributed by atoms with E-state index >= 15 is 0 Å². The van der Waals surface area contributed by atoms with Crippen LogP contribution < -0.4 is 5.32 Å². The number of aryl methyl sites for hydroxylation is 1. The smallest absolute Gasteiger partial charge is 0.309 e. The van der Waals surface area contributed by atoms with Gasteiger partial charge in [-0.25, -0.2) is 4.98 Å². The number of ether oxygens (including phenoxy) is 1. The number of ketones is 1. The van der Waals surface area contributed by atoms with Crippen LogP contribution in [-0.4, -0.2) is 29.3 Å². The Bertz CT molecular complexity index is 737. The number of fused-ring (bicyclic) bond motifs is 2. The van der Waals surface area contributed by atoms with Crippen molar-refractivity contribution in [2.75, 3.05) is 11.9 Å². The maximum atomic E-state index is 12.3. The summed E-state index contributed by atoms with van der Waals surface area (Å²) >= 11 is 11.9. The molecule has 0 unspecified atom stereocenters. The maximum Gasteiger partial charge on any atom is 0.309 e. The number of carbonyl (C=O) groups excluding carboxylic acids is 3. The second-order valence-electron chi connectivity index (χ2n) is 6.94.